The van der Waals surface area contributed by atoms with Gasteiger partial charge in [-0.2, -0.15) is 0 Å². The molecule has 1 aliphatic rings. The highest BCUT2D eigenvalue weighted by Gasteiger charge is 2.35. The van der Waals surface area contributed by atoms with Crippen LogP contribution in [0.3, 0.4) is 0 Å². The highest BCUT2D eigenvalue weighted by atomic mass is 15.2. The normalized spacial score (nSPS) is 30.5. The number of nitrogens with zero attached hydrogens (tertiary/aromatic N) is 2. The van der Waals surface area contributed by atoms with Gasteiger partial charge in [0, 0.05) is 11.7 Å². The lowest BCUT2D eigenvalue weighted by molar-refractivity contribution is 0.241. The Morgan fingerprint density at radius 2 is 2.31 bits per heavy atom. The van der Waals surface area contributed by atoms with E-state index in [0.717, 1.165) is 6.54 Å². The first-order valence-corrected chi connectivity index (χ1v) is 4.65. The van der Waals surface area contributed by atoms with E-state index < -0.39 is 0 Å². The van der Waals surface area contributed by atoms with Crippen LogP contribution in [0.4, 0.5) is 0 Å². The van der Waals surface area contributed by atoms with E-state index in [1.165, 1.54) is 18.4 Å². The van der Waals surface area contributed by atoms with E-state index in [0.29, 0.717) is 0 Å². The zero-order valence-corrected chi connectivity index (χ0v) is 8.58. The first-order valence-electron chi connectivity index (χ1n) is 4.65. The summed E-state index contributed by atoms with van der Waals surface area (Å²) in [7, 11) is 2.15. The Balaban J connectivity index is 2.94. The number of likely N-dealkylation sites (N-methyl/N-ethyl adjacent to an activating group) is 1. The first-order chi connectivity index (χ1) is 6.15. The predicted molar refractivity (Wildman–Crippen MR) is 58.1 cm³/mol. The Kier molecular flexibility index (Phi) is 3.04. The summed E-state index contributed by atoms with van der Waals surface area (Å²) < 4.78 is 0. The van der Waals surface area contributed by atoms with E-state index >= 15 is 0 Å². The van der Waals surface area contributed by atoms with Crippen LogP contribution in [0.15, 0.2) is 29.4 Å². The molecule has 0 radical (unpaired) electrons. The van der Waals surface area contributed by atoms with Gasteiger partial charge in [0.1, 0.15) is 0 Å². The third-order valence-electron chi connectivity index (χ3n) is 3.07. The molecule has 1 rings (SSSR count). The molecule has 0 aliphatic carbocycles. The zero-order chi connectivity index (χ0) is 9.90. The van der Waals surface area contributed by atoms with Crippen LogP contribution in [0.1, 0.15) is 19.8 Å². The molecule has 1 atom stereocenters. The zero-order valence-electron chi connectivity index (χ0n) is 8.58. The molecule has 1 heterocycles. The van der Waals surface area contributed by atoms with E-state index in [1.807, 2.05) is 12.3 Å². The fourth-order valence-corrected chi connectivity index (χ4v) is 1.97. The number of hydrogen-bond acceptors (Lipinski definition) is 2. The quantitative estimate of drug-likeness (QED) is 0.478. The maximum absolute atomic E-state index is 3.82. The summed E-state index contributed by atoms with van der Waals surface area (Å²) in [6, 6.07) is 0. The van der Waals surface area contributed by atoms with Gasteiger partial charge in [0.15, 0.2) is 0 Å². The van der Waals surface area contributed by atoms with Gasteiger partial charge in [-0.1, -0.05) is 12.7 Å². The number of aliphatic imine (C=N–C) groups is 1. The fourth-order valence-electron chi connectivity index (χ4n) is 1.97. The van der Waals surface area contributed by atoms with Gasteiger partial charge < -0.3 is 0 Å². The SMILES string of the molecule is C=C/C(=C\N=C)[C@]1(C)CCCN1C. The third-order valence-corrected chi connectivity index (χ3v) is 3.07. The molecule has 0 aromatic rings. The molecule has 0 N–H and O–H groups in total. The van der Waals surface area contributed by atoms with Crippen LogP contribution in [0.25, 0.3) is 0 Å². The van der Waals surface area contributed by atoms with E-state index in [-0.39, 0.29) is 5.54 Å². The second-order valence-electron chi connectivity index (χ2n) is 3.77. The molecule has 72 valence electrons. The minimum atomic E-state index is 0.114. The van der Waals surface area contributed by atoms with Gasteiger partial charge in [-0.25, -0.2) is 0 Å². The number of likely N-dealkylation sites (tertiary alicyclic amines) is 1. The van der Waals surface area contributed by atoms with Gasteiger partial charge in [-0.15, -0.1) is 0 Å². The Morgan fingerprint density at radius 1 is 1.62 bits per heavy atom. The lowest BCUT2D eigenvalue weighted by atomic mass is 9.90. The molecule has 0 aromatic heterocycles. The summed E-state index contributed by atoms with van der Waals surface area (Å²) in [4.78, 5) is 6.17. The molecule has 2 heteroatoms. The van der Waals surface area contributed by atoms with Crippen LogP contribution in [0, 0.1) is 0 Å². The highest BCUT2D eigenvalue weighted by molar-refractivity contribution is 5.34. The van der Waals surface area contributed by atoms with Crippen molar-refractivity contribution in [1.29, 1.82) is 0 Å². The van der Waals surface area contributed by atoms with Crippen LogP contribution in [0.5, 0.6) is 0 Å². The predicted octanol–water partition coefficient (Wildman–Crippen LogP) is 2.24. The standard InChI is InChI=1S/C11H18N2/c1-5-10(9-12-3)11(2)7-6-8-13(11)4/h5,9H,1,3,6-8H2,2,4H3/b10-9+/t11-/m0/s1. The molecule has 1 fully saturated rings. The Morgan fingerprint density at radius 3 is 2.69 bits per heavy atom. The van der Waals surface area contributed by atoms with Crippen molar-refractivity contribution in [2.75, 3.05) is 13.6 Å². The largest absolute Gasteiger partial charge is 0.297 e. The second kappa shape index (κ2) is 3.88. The molecule has 2 nitrogen and oxygen atoms in total. The summed E-state index contributed by atoms with van der Waals surface area (Å²) in [5.74, 6) is 0. The van der Waals surface area contributed by atoms with E-state index in [1.54, 1.807) is 0 Å². The van der Waals surface area contributed by atoms with Crippen LogP contribution < -0.4 is 0 Å². The van der Waals surface area contributed by atoms with Crippen molar-refractivity contribution in [3.05, 3.63) is 24.4 Å². The first kappa shape index (κ1) is 10.2. The van der Waals surface area contributed by atoms with E-state index in [9.17, 15) is 0 Å². The summed E-state index contributed by atoms with van der Waals surface area (Å²) in [5.41, 5.74) is 1.28. The van der Waals surface area contributed by atoms with Gasteiger partial charge in [-0.3, -0.25) is 9.89 Å². The minimum absolute atomic E-state index is 0.114. The van der Waals surface area contributed by atoms with Gasteiger partial charge >= 0.3 is 0 Å². The molecule has 1 aliphatic heterocycles. The third kappa shape index (κ3) is 1.73. The van der Waals surface area contributed by atoms with Crippen molar-refractivity contribution in [2.24, 2.45) is 4.99 Å². The molecule has 1 saturated heterocycles. The molecule has 0 amide bonds. The highest BCUT2D eigenvalue weighted by Crippen LogP contribution is 2.34. The van der Waals surface area contributed by atoms with Crippen LogP contribution in [-0.4, -0.2) is 30.7 Å². The van der Waals surface area contributed by atoms with Crippen molar-refractivity contribution < 1.29 is 0 Å². The molecule has 0 unspecified atom stereocenters. The van der Waals surface area contributed by atoms with Crippen molar-refractivity contribution in [3.63, 3.8) is 0 Å². The Hall–Kier alpha value is -0.890. The number of rotatable bonds is 3. The summed E-state index contributed by atoms with van der Waals surface area (Å²) in [6.45, 7) is 10.7. The Bertz CT molecular complexity index is 242. The summed E-state index contributed by atoms with van der Waals surface area (Å²) in [6.07, 6.45) is 6.12. The molecule has 13 heavy (non-hydrogen) atoms. The average Bonchev–Trinajstić information content (AvgIpc) is 2.44. The monoisotopic (exact) mass is 178 g/mol. The minimum Gasteiger partial charge on any atom is -0.297 e. The lowest BCUT2D eigenvalue weighted by Gasteiger charge is -2.33. The molecule has 0 aromatic carbocycles. The molecule has 0 spiro atoms. The van der Waals surface area contributed by atoms with Gasteiger partial charge in [0.25, 0.3) is 0 Å². The maximum Gasteiger partial charge on any atom is 0.0444 e. The molecule has 0 saturated carbocycles. The van der Waals surface area contributed by atoms with Gasteiger partial charge in [0.2, 0.25) is 0 Å². The van der Waals surface area contributed by atoms with Crippen LogP contribution >= 0.6 is 0 Å². The average molecular weight is 178 g/mol. The topological polar surface area (TPSA) is 15.6 Å². The van der Waals surface area contributed by atoms with Crippen molar-refractivity contribution in [1.82, 2.24) is 4.90 Å². The smallest absolute Gasteiger partial charge is 0.0444 e. The van der Waals surface area contributed by atoms with Crippen molar-refractivity contribution in [3.8, 4) is 0 Å². The molecule has 0 bridgehead atoms. The Labute approximate surface area is 80.7 Å². The maximum atomic E-state index is 3.82. The summed E-state index contributed by atoms with van der Waals surface area (Å²) >= 11 is 0. The fraction of sp³-hybridized carbons (Fsp3) is 0.545. The molecular formula is C11H18N2. The lowest BCUT2D eigenvalue weighted by Crippen LogP contribution is -2.39. The van der Waals surface area contributed by atoms with Gasteiger partial charge in [0.05, 0.1) is 0 Å². The van der Waals surface area contributed by atoms with Gasteiger partial charge in [-0.05, 0) is 45.6 Å². The van der Waals surface area contributed by atoms with E-state index in [2.05, 4.69) is 37.2 Å². The summed E-state index contributed by atoms with van der Waals surface area (Å²) in [5, 5.41) is 0. The van der Waals surface area contributed by atoms with Crippen LogP contribution in [-0.2, 0) is 0 Å². The van der Waals surface area contributed by atoms with Crippen molar-refractivity contribution >= 4 is 6.72 Å². The number of hydrogen-bond donors (Lipinski definition) is 0. The van der Waals surface area contributed by atoms with Crippen LogP contribution in [0.2, 0.25) is 0 Å². The van der Waals surface area contributed by atoms with E-state index in [4.69, 9.17) is 0 Å². The second-order valence-corrected chi connectivity index (χ2v) is 3.77. The molecular weight excluding hydrogens is 160 g/mol. The van der Waals surface area contributed by atoms with Crippen molar-refractivity contribution in [2.45, 2.75) is 25.3 Å².